The van der Waals surface area contributed by atoms with Crippen LogP contribution in [0.3, 0.4) is 0 Å². The first-order valence-corrected chi connectivity index (χ1v) is 7.41. The van der Waals surface area contributed by atoms with E-state index in [1.165, 1.54) is 0 Å². The highest BCUT2D eigenvalue weighted by Gasteiger charge is 2.31. The number of nitriles is 1. The summed E-state index contributed by atoms with van der Waals surface area (Å²) in [5.41, 5.74) is 0. The van der Waals surface area contributed by atoms with Gasteiger partial charge in [-0.2, -0.15) is 5.26 Å². The molecule has 19 heavy (non-hydrogen) atoms. The summed E-state index contributed by atoms with van der Waals surface area (Å²) in [5.74, 6) is 1.15. The van der Waals surface area contributed by atoms with Crippen molar-refractivity contribution in [1.82, 2.24) is 0 Å². The summed E-state index contributed by atoms with van der Waals surface area (Å²) >= 11 is 12.1. The Bertz CT molecular complexity index is 484. The van der Waals surface area contributed by atoms with Gasteiger partial charge < -0.3 is 4.74 Å². The van der Waals surface area contributed by atoms with E-state index in [4.69, 9.17) is 27.9 Å². The number of halogens is 2. The highest BCUT2D eigenvalue weighted by molar-refractivity contribution is 6.34. The van der Waals surface area contributed by atoms with Crippen LogP contribution in [0.25, 0.3) is 0 Å². The van der Waals surface area contributed by atoms with E-state index in [1.807, 2.05) is 0 Å². The van der Waals surface area contributed by atoms with Crippen LogP contribution >= 0.6 is 23.2 Å². The molecule has 0 heterocycles. The molecule has 0 bridgehead atoms. The minimum Gasteiger partial charge on any atom is -0.487 e. The molecule has 1 aliphatic carbocycles. The predicted molar refractivity (Wildman–Crippen MR) is 77.6 cm³/mol. The summed E-state index contributed by atoms with van der Waals surface area (Å²) in [7, 11) is 0. The number of hydrogen-bond acceptors (Lipinski definition) is 2. The molecule has 102 valence electrons. The number of ether oxygens (including phenoxy) is 1. The third-order valence-corrected chi connectivity index (χ3v) is 4.36. The normalized spacial score (nSPS) is 26.7. The Morgan fingerprint density at radius 2 is 2.16 bits per heavy atom. The van der Waals surface area contributed by atoms with Crippen LogP contribution < -0.4 is 4.74 Å². The van der Waals surface area contributed by atoms with Crippen molar-refractivity contribution in [3.8, 4) is 11.8 Å². The third-order valence-electron chi connectivity index (χ3n) is 3.82. The quantitative estimate of drug-likeness (QED) is 0.778. The zero-order valence-corrected chi connectivity index (χ0v) is 12.4. The van der Waals surface area contributed by atoms with Gasteiger partial charge in [0.25, 0.3) is 0 Å². The topological polar surface area (TPSA) is 33.0 Å². The fourth-order valence-corrected chi connectivity index (χ4v) is 2.92. The molecule has 0 amide bonds. The summed E-state index contributed by atoms with van der Waals surface area (Å²) in [5, 5.41) is 10.4. The largest absolute Gasteiger partial charge is 0.487 e. The molecule has 3 atom stereocenters. The molecule has 1 saturated carbocycles. The van der Waals surface area contributed by atoms with Gasteiger partial charge in [-0.1, -0.05) is 36.5 Å². The van der Waals surface area contributed by atoms with Crippen LogP contribution in [0.4, 0.5) is 0 Å². The number of hydrogen-bond donors (Lipinski definition) is 0. The van der Waals surface area contributed by atoms with E-state index in [0.717, 1.165) is 25.7 Å². The van der Waals surface area contributed by atoms with Crippen molar-refractivity contribution in [2.24, 2.45) is 11.8 Å². The van der Waals surface area contributed by atoms with Crippen molar-refractivity contribution in [1.29, 1.82) is 5.26 Å². The van der Waals surface area contributed by atoms with Gasteiger partial charge in [-0.05, 0) is 37.3 Å². The van der Waals surface area contributed by atoms with Crippen LogP contribution in [0.2, 0.25) is 10.0 Å². The Morgan fingerprint density at radius 3 is 2.84 bits per heavy atom. The van der Waals surface area contributed by atoms with Crippen LogP contribution in [-0.2, 0) is 0 Å². The van der Waals surface area contributed by atoms with Gasteiger partial charge in [0.05, 0.1) is 17.0 Å². The molecule has 1 aliphatic rings. The van der Waals surface area contributed by atoms with Crippen molar-refractivity contribution < 1.29 is 4.74 Å². The van der Waals surface area contributed by atoms with Crippen LogP contribution in [0.1, 0.15) is 32.6 Å². The molecule has 0 spiro atoms. The van der Waals surface area contributed by atoms with Crippen LogP contribution in [0.5, 0.6) is 5.75 Å². The predicted octanol–water partition coefficient (Wildman–Crippen LogP) is 5.09. The minimum absolute atomic E-state index is 0.0575. The highest BCUT2D eigenvalue weighted by atomic mass is 35.5. The van der Waals surface area contributed by atoms with Gasteiger partial charge in [0.15, 0.2) is 0 Å². The summed E-state index contributed by atoms with van der Waals surface area (Å²) < 4.78 is 5.96. The van der Waals surface area contributed by atoms with E-state index in [1.54, 1.807) is 18.2 Å². The lowest BCUT2D eigenvalue weighted by Gasteiger charge is -2.32. The smallest absolute Gasteiger partial charge is 0.139 e. The lowest BCUT2D eigenvalue weighted by molar-refractivity contribution is 0.0894. The SMILES string of the molecule is CCC1CCC(C#N)C(Oc2cc(Cl)ccc2Cl)C1. The Labute approximate surface area is 124 Å². The molecule has 4 heteroatoms. The molecule has 0 aromatic heterocycles. The first-order valence-electron chi connectivity index (χ1n) is 6.65. The number of benzene rings is 1. The Kier molecular flexibility index (Phi) is 4.96. The maximum absolute atomic E-state index is 9.23. The van der Waals surface area contributed by atoms with Gasteiger partial charge >= 0.3 is 0 Å². The van der Waals surface area contributed by atoms with Crippen LogP contribution in [-0.4, -0.2) is 6.10 Å². The molecule has 0 saturated heterocycles. The molecule has 1 fully saturated rings. The Morgan fingerprint density at radius 1 is 1.37 bits per heavy atom. The molecule has 2 rings (SSSR count). The Balaban J connectivity index is 2.14. The number of nitrogens with zero attached hydrogens (tertiary/aromatic N) is 1. The van der Waals surface area contributed by atoms with Gasteiger partial charge in [0, 0.05) is 11.1 Å². The fraction of sp³-hybridized carbons (Fsp3) is 0.533. The van der Waals surface area contributed by atoms with Crippen molar-refractivity contribution in [3.63, 3.8) is 0 Å². The van der Waals surface area contributed by atoms with E-state index in [-0.39, 0.29) is 12.0 Å². The van der Waals surface area contributed by atoms with Gasteiger partial charge in [0.2, 0.25) is 0 Å². The van der Waals surface area contributed by atoms with Crippen LogP contribution in [0.15, 0.2) is 18.2 Å². The average Bonchev–Trinajstić information content (AvgIpc) is 2.42. The van der Waals surface area contributed by atoms with Gasteiger partial charge in [-0.25, -0.2) is 0 Å². The second-order valence-electron chi connectivity index (χ2n) is 5.05. The maximum Gasteiger partial charge on any atom is 0.139 e. The molecule has 2 nitrogen and oxygen atoms in total. The molecule has 0 radical (unpaired) electrons. The summed E-state index contributed by atoms with van der Waals surface area (Å²) in [4.78, 5) is 0. The van der Waals surface area contributed by atoms with E-state index in [2.05, 4.69) is 13.0 Å². The molecule has 0 N–H and O–H groups in total. The Hall–Kier alpha value is -0.910. The lowest BCUT2D eigenvalue weighted by Crippen LogP contribution is -2.33. The van der Waals surface area contributed by atoms with Gasteiger partial charge in [-0.3, -0.25) is 0 Å². The van der Waals surface area contributed by atoms with Gasteiger partial charge in [-0.15, -0.1) is 0 Å². The lowest BCUT2D eigenvalue weighted by atomic mass is 9.79. The average molecular weight is 298 g/mol. The molecular formula is C15H17Cl2NO. The zero-order valence-electron chi connectivity index (χ0n) is 10.9. The fourth-order valence-electron chi connectivity index (χ4n) is 2.59. The second-order valence-corrected chi connectivity index (χ2v) is 5.90. The van der Waals surface area contributed by atoms with E-state index >= 15 is 0 Å². The second kappa shape index (κ2) is 6.50. The summed E-state index contributed by atoms with van der Waals surface area (Å²) in [6.07, 6.45) is 3.97. The van der Waals surface area contributed by atoms with E-state index < -0.39 is 0 Å². The summed E-state index contributed by atoms with van der Waals surface area (Å²) in [6, 6.07) is 7.52. The van der Waals surface area contributed by atoms with Gasteiger partial charge in [0.1, 0.15) is 11.9 Å². The summed E-state index contributed by atoms with van der Waals surface area (Å²) in [6.45, 7) is 2.18. The molecule has 1 aromatic carbocycles. The van der Waals surface area contributed by atoms with E-state index in [9.17, 15) is 5.26 Å². The first-order chi connectivity index (χ1) is 9.13. The maximum atomic E-state index is 9.23. The van der Waals surface area contributed by atoms with Crippen molar-refractivity contribution in [2.45, 2.75) is 38.7 Å². The molecular weight excluding hydrogens is 281 g/mol. The molecule has 3 unspecified atom stereocenters. The zero-order chi connectivity index (χ0) is 13.8. The molecule has 0 aliphatic heterocycles. The molecule has 1 aromatic rings. The monoisotopic (exact) mass is 297 g/mol. The minimum atomic E-state index is -0.0836. The number of rotatable bonds is 3. The standard InChI is InChI=1S/C15H17Cl2NO/c1-2-10-3-4-11(9-18)14(7-10)19-15-8-12(16)5-6-13(15)17/h5-6,8,10-11,14H,2-4,7H2,1H3. The van der Waals surface area contributed by atoms with E-state index in [0.29, 0.717) is 21.7 Å². The van der Waals surface area contributed by atoms with Crippen molar-refractivity contribution >= 4 is 23.2 Å². The third kappa shape index (κ3) is 3.55. The first kappa shape index (κ1) is 14.5. The highest BCUT2D eigenvalue weighted by Crippen LogP contribution is 2.36. The van der Waals surface area contributed by atoms with Crippen LogP contribution in [0, 0.1) is 23.2 Å². The van der Waals surface area contributed by atoms with Crippen molar-refractivity contribution in [3.05, 3.63) is 28.2 Å². The van der Waals surface area contributed by atoms with Crippen molar-refractivity contribution in [2.75, 3.05) is 0 Å².